The highest BCUT2D eigenvalue weighted by Gasteiger charge is 2.32. The summed E-state index contributed by atoms with van der Waals surface area (Å²) in [6.07, 6.45) is 2.69. The Hall–Kier alpha value is -0.990. The maximum absolute atomic E-state index is 11.5. The van der Waals surface area contributed by atoms with E-state index in [0.29, 0.717) is 5.92 Å². The maximum atomic E-state index is 11.5. The van der Waals surface area contributed by atoms with Crippen LogP contribution in [-0.4, -0.2) is 29.7 Å². The van der Waals surface area contributed by atoms with Crippen molar-refractivity contribution in [2.75, 3.05) is 13.1 Å². The lowest BCUT2D eigenvalue weighted by molar-refractivity contribution is -0.000503. The molecule has 1 amide bonds. The van der Waals surface area contributed by atoms with Gasteiger partial charge in [-0.3, -0.25) is 0 Å². The summed E-state index contributed by atoms with van der Waals surface area (Å²) in [7, 11) is 0. The highest BCUT2D eigenvalue weighted by molar-refractivity contribution is 5.69. The minimum Gasteiger partial charge on any atom is -0.444 e. The molecular formula is C13H25NO2. The summed E-state index contributed by atoms with van der Waals surface area (Å²) < 4.78 is 5.23. The van der Waals surface area contributed by atoms with Crippen molar-refractivity contribution in [1.82, 2.24) is 4.90 Å². The zero-order valence-electron chi connectivity index (χ0n) is 11.2. The Bertz CT molecular complexity index is 225. The van der Waals surface area contributed by atoms with E-state index in [4.69, 9.17) is 4.74 Å². The summed E-state index contributed by atoms with van der Waals surface area (Å²) in [5.41, 5.74) is -0.388. The SMILES string of the molecule is C=CCC1CN(C(=O)OC(C)(C)C)C1.CC. The number of carbonyl (C=O) groups excluding carboxylic acids is 1. The number of ether oxygens (including phenoxy) is 1. The lowest BCUT2D eigenvalue weighted by Crippen LogP contribution is -2.51. The summed E-state index contributed by atoms with van der Waals surface area (Å²) in [5, 5.41) is 0. The molecule has 3 nitrogen and oxygen atoms in total. The molecule has 1 rings (SSSR count). The first-order valence-electron chi connectivity index (χ1n) is 6.01. The lowest BCUT2D eigenvalue weighted by atomic mass is 9.97. The second-order valence-electron chi connectivity index (χ2n) is 4.78. The third kappa shape index (κ3) is 5.19. The molecule has 0 saturated carbocycles. The van der Waals surface area contributed by atoms with Crippen LogP contribution in [0.4, 0.5) is 4.79 Å². The van der Waals surface area contributed by atoms with Gasteiger partial charge in [0.2, 0.25) is 0 Å². The molecule has 0 bridgehead atoms. The Kier molecular flexibility index (Phi) is 6.16. The van der Waals surface area contributed by atoms with Gasteiger partial charge < -0.3 is 9.64 Å². The van der Waals surface area contributed by atoms with Gasteiger partial charge in [0.05, 0.1) is 0 Å². The molecule has 1 aliphatic heterocycles. The number of likely N-dealkylation sites (tertiary alicyclic amines) is 1. The smallest absolute Gasteiger partial charge is 0.410 e. The molecule has 0 atom stereocenters. The van der Waals surface area contributed by atoms with Gasteiger partial charge in [-0.25, -0.2) is 4.79 Å². The molecule has 94 valence electrons. The van der Waals surface area contributed by atoms with E-state index < -0.39 is 0 Å². The van der Waals surface area contributed by atoms with Gasteiger partial charge in [0, 0.05) is 13.1 Å². The molecule has 0 aliphatic carbocycles. The van der Waals surface area contributed by atoms with Crippen molar-refractivity contribution in [3.8, 4) is 0 Å². The molecule has 0 spiro atoms. The highest BCUT2D eigenvalue weighted by Crippen LogP contribution is 2.21. The molecule has 0 radical (unpaired) electrons. The predicted octanol–water partition coefficient (Wildman–Crippen LogP) is 3.46. The molecule has 16 heavy (non-hydrogen) atoms. The van der Waals surface area contributed by atoms with Gasteiger partial charge >= 0.3 is 6.09 Å². The molecule has 1 heterocycles. The Labute approximate surface area is 99.5 Å². The minimum atomic E-state index is -0.388. The van der Waals surface area contributed by atoms with Crippen LogP contribution >= 0.6 is 0 Å². The van der Waals surface area contributed by atoms with E-state index in [1.807, 2.05) is 40.7 Å². The quantitative estimate of drug-likeness (QED) is 0.676. The molecule has 1 saturated heterocycles. The Morgan fingerprint density at radius 1 is 1.44 bits per heavy atom. The molecule has 0 unspecified atom stereocenters. The zero-order valence-corrected chi connectivity index (χ0v) is 11.2. The number of hydrogen-bond donors (Lipinski definition) is 0. The Balaban J connectivity index is 0.00000106. The fourth-order valence-corrected chi connectivity index (χ4v) is 1.43. The van der Waals surface area contributed by atoms with Gasteiger partial charge in [0.15, 0.2) is 0 Å². The Morgan fingerprint density at radius 2 is 1.94 bits per heavy atom. The maximum Gasteiger partial charge on any atom is 0.410 e. The molecule has 0 aromatic heterocycles. The molecule has 0 aromatic carbocycles. The van der Waals surface area contributed by atoms with Crippen LogP contribution in [0.1, 0.15) is 41.0 Å². The van der Waals surface area contributed by atoms with Crippen molar-refractivity contribution >= 4 is 6.09 Å². The summed E-state index contributed by atoms with van der Waals surface area (Å²) in [6, 6.07) is 0. The fourth-order valence-electron chi connectivity index (χ4n) is 1.43. The third-order valence-electron chi connectivity index (χ3n) is 2.11. The molecule has 1 fully saturated rings. The number of amides is 1. The summed E-state index contributed by atoms with van der Waals surface area (Å²) >= 11 is 0. The van der Waals surface area contributed by atoms with Crippen molar-refractivity contribution in [3.63, 3.8) is 0 Å². The van der Waals surface area contributed by atoms with E-state index in [2.05, 4.69) is 6.58 Å². The normalized spacial score (nSPS) is 15.7. The molecule has 0 aromatic rings. The van der Waals surface area contributed by atoms with Gasteiger partial charge in [-0.2, -0.15) is 0 Å². The fraction of sp³-hybridized carbons (Fsp3) is 0.769. The van der Waals surface area contributed by atoms with Crippen LogP contribution < -0.4 is 0 Å². The van der Waals surface area contributed by atoms with Gasteiger partial charge in [-0.1, -0.05) is 19.9 Å². The van der Waals surface area contributed by atoms with Crippen molar-refractivity contribution in [3.05, 3.63) is 12.7 Å². The average Bonchev–Trinajstić information content (AvgIpc) is 2.10. The number of carbonyl (C=O) groups is 1. The highest BCUT2D eigenvalue weighted by atomic mass is 16.6. The standard InChI is InChI=1S/C11H19NO2.C2H6/c1-5-6-9-7-12(8-9)10(13)14-11(2,3)4;1-2/h5,9H,1,6-8H2,2-4H3;1-2H3. The van der Waals surface area contributed by atoms with Crippen LogP contribution in [0.5, 0.6) is 0 Å². The van der Waals surface area contributed by atoms with Gasteiger partial charge in [-0.15, -0.1) is 6.58 Å². The summed E-state index contributed by atoms with van der Waals surface area (Å²) in [5.74, 6) is 0.583. The number of allylic oxidation sites excluding steroid dienone is 1. The predicted molar refractivity (Wildman–Crippen MR) is 67.5 cm³/mol. The minimum absolute atomic E-state index is 0.196. The largest absolute Gasteiger partial charge is 0.444 e. The van der Waals surface area contributed by atoms with Crippen LogP contribution in [0, 0.1) is 5.92 Å². The molecule has 1 aliphatic rings. The number of hydrogen-bond acceptors (Lipinski definition) is 2. The third-order valence-corrected chi connectivity index (χ3v) is 2.11. The van der Waals surface area contributed by atoms with E-state index in [1.165, 1.54) is 0 Å². The first-order valence-corrected chi connectivity index (χ1v) is 6.01. The molecular weight excluding hydrogens is 202 g/mol. The monoisotopic (exact) mass is 227 g/mol. The summed E-state index contributed by atoms with van der Waals surface area (Å²) in [4.78, 5) is 13.2. The average molecular weight is 227 g/mol. The van der Waals surface area contributed by atoms with Crippen molar-refractivity contribution in [2.45, 2.75) is 46.6 Å². The van der Waals surface area contributed by atoms with Crippen LogP contribution in [0.2, 0.25) is 0 Å². The van der Waals surface area contributed by atoms with Crippen LogP contribution in [0.25, 0.3) is 0 Å². The summed E-state index contributed by atoms with van der Waals surface area (Å²) in [6.45, 7) is 14.9. The van der Waals surface area contributed by atoms with Crippen molar-refractivity contribution < 1.29 is 9.53 Å². The zero-order chi connectivity index (χ0) is 12.8. The van der Waals surface area contributed by atoms with E-state index in [-0.39, 0.29) is 11.7 Å². The van der Waals surface area contributed by atoms with Gasteiger partial charge in [0.25, 0.3) is 0 Å². The second-order valence-corrected chi connectivity index (χ2v) is 4.78. The van der Waals surface area contributed by atoms with Crippen molar-refractivity contribution in [1.29, 1.82) is 0 Å². The number of nitrogens with zero attached hydrogens (tertiary/aromatic N) is 1. The van der Waals surface area contributed by atoms with Crippen LogP contribution in [0.15, 0.2) is 12.7 Å². The van der Waals surface area contributed by atoms with Crippen LogP contribution in [0.3, 0.4) is 0 Å². The van der Waals surface area contributed by atoms with Crippen molar-refractivity contribution in [2.24, 2.45) is 5.92 Å². The second kappa shape index (κ2) is 6.56. The Morgan fingerprint density at radius 3 is 2.31 bits per heavy atom. The first kappa shape index (κ1) is 15.0. The van der Waals surface area contributed by atoms with Gasteiger partial charge in [-0.05, 0) is 33.1 Å². The topological polar surface area (TPSA) is 29.5 Å². The van der Waals surface area contributed by atoms with Gasteiger partial charge in [0.1, 0.15) is 5.60 Å². The molecule has 0 N–H and O–H groups in total. The van der Waals surface area contributed by atoms with E-state index >= 15 is 0 Å². The van der Waals surface area contributed by atoms with E-state index in [0.717, 1.165) is 19.5 Å². The van der Waals surface area contributed by atoms with E-state index in [1.54, 1.807) is 4.90 Å². The lowest BCUT2D eigenvalue weighted by Gasteiger charge is -2.39. The van der Waals surface area contributed by atoms with Crippen LogP contribution in [-0.2, 0) is 4.74 Å². The van der Waals surface area contributed by atoms with E-state index in [9.17, 15) is 4.79 Å². The first-order chi connectivity index (χ1) is 7.42. The molecule has 3 heteroatoms. The number of rotatable bonds is 2.